The predicted molar refractivity (Wildman–Crippen MR) is 102 cm³/mol. The molecule has 0 fully saturated rings. The lowest BCUT2D eigenvalue weighted by Gasteiger charge is -2.18. The molecule has 1 heterocycles. The summed E-state index contributed by atoms with van der Waals surface area (Å²) in [6.07, 6.45) is 1.74. The molecule has 132 valence electrons. The predicted octanol–water partition coefficient (Wildman–Crippen LogP) is 4.04. The molecule has 0 atom stereocenters. The van der Waals surface area contributed by atoms with Crippen LogP contribution in [0.1, 0.15) is 11.1 Å². The van der Waals surface area contributed by atoms with Crippen molar-refractivity contribution in [1.29, 1.82) is 0 Å². The van der Waals surface area contributed by atoms with Gasteiger partial charge in [-0.3, -0.25) is 4.79 Å². The second-order valence-corrected chi connectivity index (χ2v) is 6.10. The largest absolute Gasteiger partial charge is 0.355 e. The van der Waals surface area contributed by atoms with Gasteiger partial charge in [0.15, 0.2) is 0 Å². The van der Waals surface area contributed by atoms with Gasteiger partial charge in [-0.15, -0.1) is 0 Å². The molecule has 1 amide bonds. The molecule has 1 aromatic heterocycles. The molecule has 0 saturated carbocycles. The van der Waals surface area contributed by atoms with E-state index >= 15 is 0 Å². The Morgan fingerprint density at radius 1 is 1.04 bits per heavy atom. The number of hydrogen-bond donors (Lipinski definition) is 1. The van der Waals surface area contributed by atoms with Crippen molar-refractivity contribution >= 4 is 17.4 Å². The molecule has 0 bridgehead atoms. The second kappa shape index (κ2) is 8.25. The molecule has 4 nitrogen and oxygen atoms in total. The van der Waals surface area contributed by atoms with Crippen LogP contribution in [0, 0.1) is 5.82 Å². The average Bonchev–Trinajstić information content (AvgIpc) is 2.63. The first-order chi connectivity index (χ1) is 12.6. The Kier molecular flexibility index (Phi) is 5.59. The van der Waals surface area contributed by atoms with Gasteiger partial charge in [0, 0.05) is 13.6 Å². The second-order valence-electron chi connectivity index (χ2n) is 6.10. The Morgan fingerprint density at radius 3 is 2.50 bits per heavy atom. The van der Waals surface area contributed by atoms with Crippen LogP contribution in [0.5, 0.6) is 0 Å². The van der Waals surface area contributed by atoms with E-state index in [0.29, 0.717) is 11.3 Å². The van der Waals surface area contributed by atoms with E-state index in [1.807, 2.05) is 42.3 Å². The molecule has 0 radical (unpaired) electrons. The molecule has 3 rings (SSSR count). The summed E-state index contributed by atoms with van der Waals surface area (Å²) in [5, 5.41) is 2.78. The highest BCUT2D eigenvalue weighted by molar-refractivity contribution is 5.92. The fourth-order valence-electron chi connectivity index (χ4n) is 2.66. The quantitative estimate of drug-likeness (QED) is 0.730. The van der Waals surface area contributed by atoms with Crippen molar-refractivity contribution in [3.8, 4) is 0 Å². The van der Waals surface area contributed by atoms with Crippen LogP contribution in [-0.4, -0.2) is 17.9 Å². The molecular formula is C21H20FN3O. The third-order valence-corrected chi connectivity index (χ3v) is 3.94. The SMILES string of the molecule is CN(Cc1ccccc1)c1ccc(NC(=O)Cc2cccc(F)c2)cn1. The lowest BCUT2D eigenvalue weighted by atomic mass is 10.1. The van der Waals surface area contributed by atoms with Crippen molar-refractivity contribution in [2.75, 3.05) is 17.3 Å². The average molecular weight is 349 g/mol. The summed E-state index contributed by atoms with van der Waals surface area (Å²) in [5.41, 5.74) is 2.45. The maximum atomic E-state index is 13.2. The van der Waals surface area contributed by atoms with Gasteiger partial charge in [0.25, 0.3) is 0 Å². The zero-order valence-corrected chi connectivity index (χ0v) is 14.5. The third kappa shape index (κ3) is 4.89. The number of nitrogens with one attached hydrogen (secondary N) is 1. The Morgan fingerprint density at radius 2 is 1.81 bits per heavy atom. The maximum Gasteiger partial charge on any atom is 0.228 e. The summed E-state index contributed by atoms with van der Waals surface area (Å²) < 4.78 is 13.2. The maximum absolute atomic E-state index is 13.2. The van der Waals surface area contributed by atoms with Gasteiger partial charge in [-0.2, -0.15) is 0 Å². The van der Waals surface area contributed by atoms with E-state index in [-0.39, 0.29) is 18.1 Å². The molecule has 26 heavy (non-hydrogen) atoms. The fourth-order valence-corrected chi connectivity index (χ4v) is 2.66. The zero-order chi connectivity index (χ0) is 18.4. The van der Waals surface area contributed by atoms with Crippen molar-refractivity contribution in [2.45, 2.75) is 13.0 Å². The number of aromatic nitrogens is 1. The molecular weight excluding hydrogens is 329 g/mol. The number of nitrogens with zero attached hydrogens (tertiary/aromatic N) is 2. The lowest BCUT2D eigenvalue weighted by molar-refractivity contribution is -0.115. The molecule has 5 heteroatoms. The zero-order valence-electron chi connectivity index (χ0n) is 14.5. The van der Waals surface area contributed by atoms with Crippen LogP contribution < -0.4 is 10.2 Å². The highest BCUT2D eigenvalue weighted by atomic mass is 19.1. The van der Waals surface area contributed by atoms with Crippen LogP contribution in [0.3, 0.4) is 0 Å². The van der Waals surface area contributed by atoms with Gasteiger partial charge >= 0.3 is 0 Å². The van der Waals surface area contributed by atoms with Gasteiger partial charge < -0.3 is 10.2 Å². The number of carbonyl (C=O) groups excluding carboxylic acids is 1. The van der Waals surface area contributed by atoms with Crippen LogP contribution in [0.2, 0.25) is 0 Å². The van der Waals surface area contributed by atoms with Gasteiger partial charge in [-0.1, -0.05) is 42.5 Å². The highest BCUT2D eigenvalue weighted by Gasteiger charge is 2.07. The molecule has 3 aromatic rings. The van der Waals surface area contributed by atoms with Gasteiger partial charge in [0.2, 0.25) is 5.91 Å². The van der Waals surface area contributed by atoms with Crippen molar-refractivity contribution in [2.24, 2.45) is 0 Å². The number of hydrogen-bond acceptors (Lipinski definition) is 3. The summed E-state index contributed by atoms with van der Waals surface area (Å²) in [5.74, 6) is 0.266. The highest BCUT2D eigenvalue weighted by Crippen LogP contribution is 2.16. The summed E-state index contributed by atoms with van der Waals surface area (Å²) >= 11 is 0. The van der Waals surface area contributed by atoms with Gasteiger partial charge in [-0.25, -0.2) is 9.37 Å². The Labute approximate surface area is 152 Å². The molecule has 1 N–H and O–H groups in total. The van der Waals surface area contributed by atoms with Crippen LogP contribution in [0.4, 0.5) is 15.9 Å². The minimum atomic E-state index is -0.345. The smallest absolute Gasteiger partial charge is 0.228 e. The Bertz CT molecular complexity index is 866. The first-order valence-electron chi connectivity index (χ1n) is 8.35. The van der Waals surface area contributed by atoms with Crippen LogP contribution in [0.25, 0.3) is 0 Å². The molecule has 0 aliphatic heterocycles. The van der Waals surface area contributed by atoms with Crippen LogP contribution in [-0.2, 0) is 17.8 Å². The number of halogens is 1. The van der Waals surface area contributed by atoms with E-state index in [1.165, 1.54) is 17.7 Å². The molecule has 0 saturated heterocycles. The number of carbonyl (C=O) groups is 1. The Hall–Kier alpha value is -3.21. The van der Waals surface area contributed by atoms with E-state index in [9.17, 15) is 9.18 Å². The molecule has 0 aliphatic carbocycles. The lowest BCUT2D eigenvalue weighted by Crippen LogP contribution is -2.18. The van der Waals surface area contributed by atoms with E-state index in [2.05, 4.69) is 22.4 Å². The minimum Gasteiger partial charge on any atom is -0.355 e. The van der Waals surface area contributed by atoms with Gasteiger partial charge in [0.1, 0.15) is 11.6 Å². The first kappa shape index (κ1) is 17.6. The molecule has 0 unspecified atom stereocenters. The van der Waals surface area contributed by atoms with Crippen molar-refractivity contribution in [1.82, 2.24) is 4.98 Å². The Balaban J connectivity index is 1.57. The summed E-state index contributed by atoms with van der Waals surface area (Å²) in [4.78, 5) is 18.5. The van der Waals surface area contributed by atoms with Crippen LogP contribution in [0.15, 0.2) is 72.9 Å². The first-order valence-corrected chi connectivity index (χ1v) is 8.35. The number of benzene rings is 2. The molecule has 2 aromatic carbocycles. The van der Waals surface area contributed by atoms with E-state index in [0.717, 1.165) is 12.4 Å². The monoisotopic (exact) mass is 349 g/mol. The molecule has 0 aliphatic rings. The van der Waals surface area contributed by atoms with E-state index < -0.39 is 0 Å². The fraction of sp³-hybridized carbons (Fsp3) is 0.143. The van der Waals surface area contributed by atoms with Crippen molar-refractivity contribution in [3.63, 3.8) is 0 Å². The summed E-state index contributed by atoms with van der Waals surface area (Å²) in [6.45, 7) is 0.749. The number of rotatable bonds is 6. The van der Waals surface area contributed by atoms with Gasteiger partial charge in [0.05, 0.1) is 18.3 Å². The summed E-state index contributed by atoms with van der Waals surface area (Å²) in [7, 11) is 1.97. The summed E-state index contributed by atoms with van der Waals surface area (Å²) in [6, 6.07) is 19.8. The standard InChI is InChI=1S/C21H20FN3O/c1-25(15-16-6-3-2-4-7-16)20-11-10-19(14-23-20)24-21(26)13-17-8-5-9-18(22)12-17/h2-12,14H,13,15H2,1H3,(H,24,26). The van der Waals surface area contributed by atoms with Crippen LogP contribution >= 0.6 is 0 Å². The third-order valence-electron chi connectivity index (χ3n) is 3.94. The van der Waals surface area contributed by atoms with Crippen molar-refractivity contribution < 1.29 is 9.18 Å². The van der Waals surface area contributed by atoms with E-state index in [4.69, 9.17) is 0 Å². The van der Waals surface area contributed by atoms with Gasteiger partial charge in [-0.05, 0) is 35.4 Å². The number of anilines is 2. The minimum absolute atomic E-state index is 0.118. The van der Waals surface area contributed by atoms with E-state index in [1.54, 1.807) is 18.3 Å². The number of amides is 1. The molecule has 0 spiro atoms. The topological polar surface area (TPSA) is 45.2 Å². The van der Waals surface area contributed by atoms with Crippen molar-refractivity contribution in [3.05, 3.63) is 89.9 Å². The number of pyridine rings is 1. The normalized spacial score (nSPS) is 10.4.